The van der Waals surface area contributed by atoms with Gasteiger partial charge in [0.2, 0.25) is 0 Å². The van der Waals surface area contributed by atoms with E-state index in [1.165, 1.54) is 17.8 Å². The summed E-state index contributed by atoms with van der Waals surface area (Å²) in [5.41, 5.74) is 2.57. The number of nitro groups is 1. The molecule has 1 aromatic heterocycles. The maximum absolute atomic E-state index is 11.0. The molecule has 1 saturated heterocycles. The van der Waals surface area contributed by atoms with Crippen molar-refractivity contribution in [2.75, 3.05) is 44.2 Å². The Morgan fingerprint density at radius 3 is 2.62 bits per heavy atom. The summed E-state index contributed by atoms with van der Waals surface area (Å²) < 4.78 is 11.2. The fourth-order valence-corrected chi connectivity index (χ4v) is 4.19. The molecule has 0 spiro atoms. The van der Waals surface area contributed by atoms with Gasteiger partial charge in [-0.1, -0.05) is 29.4 Å². The van der Waals surface area contributed by atoms with E-state index in [-0.39, 0.29) is 18.1 Å². The minimum absolute atomic E-state index is 0. The van der Waals surface area contributed by atoms with Crippen LogP contribution in [0.2, 0.25) is 0 Å². The van der Waals surface area contributed by atoms with Crippen LogP contribution in [0.1, 0.15) is 25.5 Å². The summed E-state index contributed by atoms with van der Waals surface area (Å²) in [6.07, 6.45) is 2.91. The maximum Gasteiger partial charge on any atom is 0.270 e. The van der Waals surface area contributed by atoms with Crippen LogP contribution in [0.25, 0.3) is 11.3 Å². The molecule has 0 bridgehead atoms. The maximum atomic E-state index is 11.0. The first kappa shape index (κ1) is 25.5. The number of non-ortho nitro benzene ring substituents is 1. The molecule has 1 aliphatic heterocycles. The predicted octanol–water partition coefficient (Wildman–Crippen LogP) is 5.22. The van der Waals surface area contributed by atoms with Gasteiger partial charge in [0.05, 0.1) is 17.2 Å². The lowest BCUT2D eigenvalue weighted by Crippen LogP contribution is -2.46. The Morgan fingerprint density at radius 2 is 1.85 bits per heavy atom. The molecule has 2 heterocycles. The number of aromatic nitrogens is 1. The second kappa shape index (κ2) is 12.4. The van der Waals surface area contributed by atoms with Crippen molar-refractivity contribution in [3.8, 4) is 17.0 Å². The first-order chi connectivity index (χ1) is 16.1. The fourth-order valence-electron chi connectivity index (χ4n) is 4.19. The third kappa shape index (κ3) is 6.48. The first-order valence-corrected chi connectivity index (χ1v) is 11.5. The SMILES string of the molecule is CCOc1ccccc1N1CCN(CCCCc2cc(-c3cccc([N+](=O)[O-])c3)no2)CC1.Cl. The largest absolute Gasteiger partial charge is 0.492 e. The molecule has 8 nitrogen and oxygen atoms in total. The van der Waals surface area contributed by atoms with Crippen molar-refractivity contribution >= 4 is 23.8 Å². The number of unbranched alkanes of at least 4 members (excludes halogenated alkanes) is 1. The van der Waals surface area contributed by atoms with Crippen molar-refractivity contribution in [1.29, 1.82) is 0 Å². The number of rotatable bonds is 10. The van der Waals surface area contributed by atoms with E-state index < -0.39 is 4.92 Å². The van der Waals surface area contributed by atoms with E-state index in [2.05, 4.69) is 27.1 Å². The van der Waals surface area contributed by atoms with Crippen LogP contribution in [0.15, 0.2) is 59.1 Å². The van der Waals surface area contributed by atoms with E-state index >= 15 is 0 Å². The topological polar surface area (TPSA) is 84.9 Å². The minimum Gasteiger partial charge on any atom is -0.492 e. The number of ether oxygens (including phenoxy) is 1. The normalized spacial score (nSPS) is 14.0. The van der Waals surface area contributed by atoms with E-state index in [0.717, 1.165) is 63.5 Å². The molecule has 0 saturated carbocycles. The molecule has 0 unspecified atom stereocenters. The molecular formula is C25H31ClN4O4. The van der Waals surface area contributed by atoms with Crippen LogP contribution in [0, 0.1) is 10.1 Å². The molecule has 1 aliphatic rings. The minimum atomic E-state index is -0.401. The third-order valence-corrected chi connectivity index (χ3v) is 5.94. The number of nitro benzene ring substituents is 1. The van der Waals surface area contributed by atoms with E-state index in [1.807, 2.05) is 25.1 Å². The fraction of sp³-hybridized carbons (Fsp3) is 0.400. The van der Waals surface area contributed by atoms with Gasteiger partial charge in [-0.2, -0.15) is 0 Å². The van der Waals surface area contributed by atoms with Gasteiger partial charge in [0, 0.05) is 56.4 Å². The van der Waals surface area contributed by atoms with Crippen molar-refractivity contribution in [3.05, 3.63) is 70.5 Å². The zero-order valence-electron chi connectivity index (χ0n) is 19.4. The van der Waals surface area contributed by atoms with Gasteiger partial charge in [-0.3, -0.25) is 15.0 Å². The van der Waals surface area contributed by atoms with E-state index in [0.29, 0.717) is 17.9 Å². The predicted molar refractivity (Wildman–Crippen MR) is 135 cm³/mol. The monoisotopic (exact) mass is 486 g/mol. The Labute approximate surface area is 206 Å². The number of hydrogen-bond acceptors (Lipinski definition) is 7. The number of hydrogen-bond donors (Lipinski definition) is 0. The number of benzene rings is 2. The molecule has 34 heavy (non-hydrogen) atoms. The van der Waals surface area contributed by atoms with Gasteiger partial charge in [0.15, 0.2) is 0 Å². The van der Waals surface area contributed by atoms with Gasteiger partial charge in [-0.05, 0) is 38.4 Å². The Bertz CT molecular complexity index is 1070. The number of piperazine rings is 1. The van der Waals surface area contributed by atoms with Crippen molar-refractivity contribution in [3.63, 3.8) is 0 Å². The Kier molecular flexibility index (Phi) is 9.30. The van der Waals surface area contributed by atoms with Crippen LogP contribution >= 0.6 is 12.4 Å². The summed E-state index contributed by atoms with van der Waals surface area (Å²) in [5, 5.41) is 15.1. The molecule has 182 valence electrons. The molecule has 0 radical (unpaired) electrons. The summed E-state index contributed by atoms with van der Waals surface area (Å²) >= 11 is 0. The lowest BCUT2D eigenvalue weighted by atomic mass is 10.1. The first-order valence-electron chi connectivity index (χ1n) is 11.5. The highest BCUT2D eigenvalue weighted by molar-refractivity contribution is 5.85. The summed E-state index contributed by atoms with van der Waals surface area (Å²) in [4.78, 5) is 15.5. The number of anilines is 1. The van der Waals surface area contributed by atoms with Crippen molar-refractivity contribution < 1.29 is 14.2 Å². The number of para-hydroxylation sites is 2. The number of nitrogens with zero attached hydrogens (tertiary/aromatic N) is 4. The highest BCUT2D eigenvalue weighted by Crippen LogP contribution is 2.29. The Hall–Kier alpha value is -3.10. The lowest BCUT2D eigenvalue weighted by molar-refractivity contribution is -0.384. The van der Waals surface area contributed by atoms with Gasteiger partial charge in [-0.15, -0.1) is 12.4 Å². The van der Waals surface area contributed by atoms with Crippen LogP contribution in [-0.4, -0.2) is 54.3 Å². The van der Waals surface area contributed by atoms with Gasteiger partial charge in [0.25, 0.3) is 5.69 Å². The Balaban J connectivity index is 0.00000324. The van der Waals surface area contributed by atoms with Crippen LogP contribution in [0.3, 0.4) is 0 Å². The molecule has 2 aromatic carbocycles. The average molecular weight is 487 g/mol. The highest BCUT2D eigenvalue weighted by Gasteiger charge is 2.19. The van der Waals surface area contributed by atoms with Crippen LogP contribution < -0.4 is 9.64 Å². The Morgan fingerprint density at radius 1 is 1.06 bits per heavy atom. The van der Waals surface area contributed by atoms with Gasteiger partial charge in [0.1, 0.15) is 17.2 Å². The number of halogens is 1. The van der Waals surface area contributed by atoms with Gasteiger partial charge < -0.3 is 14.2 Å². The van der Waals surface area contributed by atoms with Crippen LogP contribution in [0.5, 0.6) is 5.75 Å². The number of aryl methyl sites for hydroxylation is 1. The van der Waals surface area contributed by atoms with Crippen LogP contribution in [-0.2, 0) is 6.42 Å². The summed E-state index contributed by atoms with van der Waals surface area (Å²) in [6.45, 7) is 7.83. The third-order valence-electron chi connectivity index (χ3n) is 5.94. The second-order valence-electron chi connectivity index (χ2n) is 8.17. The standard InChI is InChI=1S/C25H30N4O4.ClH/c1-2-32-25-12-4-3-11-24(25)28-16-14-27(15-17-28)13-6-5-10-22-19-23(26-33-22)20-8-7-9-21(18-20)29(30)31;/h3-4,7-9,11-12,18-19H,2,5-6,10,13-17H2,1H3;1H. The van der Waals surface area contributed by atoms with Crippen molar-refractivity contribution in [2.24, 2.45) is 0 Å². The smallest absolute Gasteiger partial charge is 0.270 e. The van der Waals surface area contributed by atoms with Crippen molar-refractivity contribution in [1.82, 2.24) is 10.1 Å². The summed E-state index contributed by atoms with van der Waals surface area (Å²) in [6, 6.07) is 16.6. The molecule has 0 amide bonds. The molecule has 1 fully saturated rings. The summed E-state index contributed by atoms with van der Waals surface area (Å²) in [7, 11) is 0. The van der Waals surface area contributed by atoms with Gasteiger partial charge >= 0.3 is 0 Å². The van der Waals surface area contributed by atoms with E-state index in [4.69, 9.17) is 9.26 Å². The second-order valence-corrected chi connectivity index (χ2v) is 8.17. The molecule has 9 heteroatoms. The summed E-state index contributed by atoms with van der Waals surface area (Å²) in [5.74, 6) is 1.78. The lowest BCUT2D eigenvalue weighted by Gasteiger charge is -2.36. The van der Waals surface area contributed by atoms with E-state index in [1.54, 1.807) is 12.1 Å². The zero-order valence-corrected chi connectivity index (χ0v) is 20.2. The molecular weight excluding hydrogens is 456 g/mol. The average Bonchev–Trinajstić information content (AvgIpc) is 3.32. The molecule has 0 aliphatic carbocycles. The van der Waals surface area contributed by atoms with Gasteiger partial charge in [-0.25, -0.2) is 0 Å². The highest BCUT2D eigenvalue weighted by atomic mass is 35.5. The van der Waals surface area contributed by atoms with E-state index in [9.17, 15) is 10.1 Å². The van der Waals surface area contributed by atoms with Crippen molar-refractivity contribution in [2.45, 2.75) is 26.2 Å². The molecule has 4 rings (SSSR count). The molecule has 0 atom stereocenters. The quantitative estimate of drug-likeness (QED) is 0.221. The zero-order chi connectivity index (χ0) is 23.0. The molecule has 0 N–H and O–H groups in total. The molecule has 3 aromatic rings. The van der Waals surface area contributed by atoms with Crippen LogP contribution in [0.4, 0.5) is 11.4 Å².